The van der Waals surface area contributed by atoms with Crippen LogP contribution in [-0.2, 0) is 10.8 Å². The van der Waals surface area contributed by atoms with Crippen molar-refractivity contribution in [2.24, 2.45) is 0 Å². The van der Waals surface area contributed by atoms with Gasteiger partial charge < -0.3 is 19.8 Å². The molecule has 1 atom stereocenters. The Labute approximate surface area is 159 Å². The quantitative estimate of drug-likeness (QED) is 0.823. The first kappa shape index (κ1) is 21.0. The molecular formula is C22H37NO3. The molecule has 2 rings (SSSR count). The van der Waals surface area contributed by atoms with Crippen LogP contribution in [0, 0.1) is 0 Å². The van der Waals surface area contributed by atoms with Crippen LogP contribution in [0.15, 0.2) is 12.1 Å². The Kier molecular flexibility index (Phi) is 6.62. The van der Waals surface area contributed by atoms with E-state index in [0.29, 0.717) is 12.3 Å². The van der Waals surface area contributed by atoms with Gasteiger partial charge in [0.2, 0.25) is 0 Å². The maximum atomic E-state index is 10.8. The van der Waals surface area contributed by atoms with Crippen LogP contribution in [0.25, 0.3) is 0 Å². The zero-order chi connectivity index (χ0) is 19.5. The minimum atomic E-state index is -0.502. The monoisotopic (exact) mass is 363 g/mol. The van der Waals surface area contributed by atoms with Crippen molar-refractivity contribution in [1.82, 2.24) is 4.90 Å². The molecule has 1 fully saturated rings. The molecule has 4 heteroatoms. The third-order valence-electron chi connectivity index (χ3n) is 5.06. The van der Waals surface area contributed by atoms with E-state index >= 15 is 0 Å². The van der Waals surface area contributed by atoms with Gasteiger partial charge in [0, 0.05) is 17.7 Å². The normalized spacial score (nSPS) is 18.0. The van der Waals surface area contributed by atoms with E-state index in [-0.39, 0.29) is 17.4 Å². The molecule has 26 heavy (non-hydrogen) atoms. The van der Waals surface area contributed by atoms with E-state index in [4.69, 9.17) is 4.74 Å². The highest BCUT2D eigenvalue weighted by Crippen LogP contribution is 2.41. The van der Waals surface area contributed by atoms with Gasteiger partial charge in [0.1, 0.15) is 24.2 Å². The van der Waals surface area contributed by atoms with Crippen LogP contribution in [0.4, 0.5) is 0 Å². The molecule has 1 aliphatic rings. The van der Waals surface area contributed by atoms with Gasteiger partial charge in [-0.05, 0) is 48.9 Å². The van der Waals surface area contributed by atoms with Crippen molar-refractivity contribution < 1.29 is 14.9 Å². The lowest BCUT2D eigenvalue weighted by atomic mass is 9.79. The molecule has 1 heterocycles. The first-order valence-corrected chi connectivity index (χ1v) is 9.89. The number of rotatable bonds is 5. The third-order valence-corrected chi connectivity index (χ3v) is 5.06. The summed E-state index contributed by atoms with van der Waals surface area (Å²) in [4.78, 5) is 2.31. The van der Waals surface area contributed by atoms with Crippen molar-refractivity contribution in [2.45, 2.75) is 77.7 Å². The molecule has 1 aliphatic heterocycles. The zero-order valence-electron chi connectivity index (χ0n) is 17.4. The van der Waals surface area contributed by atoms with Crippen molar-refractivity contribution in [1.29, 1.82) is 0 Å². The number of nitrogens with zero attached hydrogens (tertiary/aromatic N) is 1. The zero-order valence-corrected chi connectivity index (χ0v) is 17.4. The van der Waals surface area contributed by atoms with Gasteiger partial charge in [0.05, 0.1) is 0 Å². The number of hydrogen-bond acceptors (Lipinski definition) is 4. The number of piperidine rings is 1. The summed E-state index contributed by atoms with van der Waals surface area (Å²) in [7, 11) is 0. The molecule has 0 bridgehead atoms. The maximum Gasteiger partial charge on any atom is 0.123 e. The van der Waals surface area contributed by atoms with Crippen molar-refractivity contribution in [2.75, 3.05) is 26.2 Å². The van der Waals surface area contributed by atoms with E-state index in [1.165, 1.54) is 19.3 Å². The number of benzene rings is 1. The van der Waals surface area contributed by atoms with E-state index in [1.54, 1.807) is 0 Å². The molecule has 0 saturated carbocycles. The Hall–Kier alpha value is -1.26. The van der Waals surface area contributed by atoms with Gasteiger partial charge >= 0.3 is 0 Å². The van der Waals surface area contributed by atoms with E-state index in [0.717, 1.165) is 30.0 Å². The van der Waals surface area contributed by atoms with Gasteiger partial charge in [-0.3, -0.25) is 0 Å². The molecule has 0 spiro atoms. The first-order chi connectivity index (χ1) is 12.0. The second-order valence-electron chi connectivity index (χ2n) is 9.69. The van der Waals surface area contributed by atoms with Crippen LogP contribution in [0.5, 0.6) is 11.5 Å². The summed E-state index contributed by atoms with van der Waals surface area (Å²) in [5.74, 6) is 1.07. The molecule has 4 nitrogen and oxygen atoms in total. The predicted molar refractivity (Wildman–Crippen MR) is 107 cm³/mol. The number of ether oxygens (including phenoxy) is 1. The van der Waals surface area contributed by atoms with Crippen molar-refractivity contribution in [3.8, 4) is 11.5 Å². The molecule has 0 amide bonds. The Morgan fingerprint density at radius 1 is 0.962 bits per heavy atom. The molecule has 1 aromatic rings. The van der Waals surface area contributed by atoms with Crippen LogP contribution in [0.1, 0.15) is 71.9 Å². The molecule has 148 valence electrons. The number of aromatic hydroxyl groups is 1. The molecule has 1 saturated heterocycles. The van der Waals surface area contributed by atoms with Gasteiger partial charge in [-0.25, -0.2) is 0 Å². The lowest BCUT2D eigenvalue weighted by Gasteiger charge is -2.29. The highest BCUT2D eigenvalue weighted by atomic mass is 16.5. The van der Waals surface area contributed by atoms with Crippen LogP contribution in [0.2, 0.25) is 0 Å². The van der Waals surface area contributed by atoms with Crippen LogP contribution in [-0.4, -0.2) is 47.5 Å². The van der Waals surface area contributed by atoms with Crippen LogP contribution >= 0.6 is 0 Å². The van der Waals surface area contributed by atoms with E-state index in [2.05, 4.69) is 46.4 Å². The highest BCUT2D eigenvalue weighted by Gasteiger charge is 2.27. The summed E-state index contributed by atoms with van der Waals surface area (Å²) in [6, 6.07) is 3.83. The lowest BCUT2D eigenvalue weighted by Crippen LogP contribution is -2.38. The summed E-state index contributed by atoms with van der Waals surface area (Å²) in [6.07, 6.45) is 3.23. The molecule has 0 aliphatic carbocycles. The highest BCUT2D eigenvalue weighted by molar-refractivity contribution is 5.51. The number of aliphatic hydroxyl groups excluding tert-OH is 1. The summed E-state index contributed by atoms with van der Waals surface area (Å²) < 4.78 is 5.95. The summed E-state index contributed by atoms with van der Waals surface area (Å²) in [6.45, 7) is 15.6. The van der Waals surface area contributed by atoms with E-state index in [9.17, 15) is 10.2 Å². The molecular weight excluding hydrogens is 326 g/mol. The Bertz CT molecular complexity index is 557. The van der Waals surface area contributed by atoms with Crippen molar-refractivity contribution >= 4 is 0 Å². The van der Waals surface area contributed by atoms with Gasteiger partial charge in [-0.1, -0.05) is 48.0 Å². The Morgan fingerprint density at radius 3 is 1.92 bits per heavy atom. The standard InChI is InChI=1S/C22H37NO3/c1-21(2,3)18-12-17(13-19(20(18)25)22(4,5)6)26-15-16(24)14-23-10-8-7-9-11-23/h12-13,16,24-25H,7-11,14-15H2,1-6H3. The van der Waals surface area contributed by atoms with Gasteiger partial charge in [0.25, 0.3) is 0 Å². The summed E-state index contributed by atoms with van der Waals surface area (Å²) in [5, 5.41) is 21.1. The number of β-amino-alcohol motifs (C(OH)–C–C–N with tert-alkyl or cyclic N) is 1. The maximum absolute atomic E-state index is 10.8. The SMILES string of the molecule is CC(C)(C)c1cc(OCC(O)CN2CCCCC2)cc(C(C)(C)C)c1O. The molecule has 0 aromatic heterocycles. The average Bonchev–Trinajstić information content (AvgIpc) is 2.52. The molecule has 0 radical (unpaired) electrons. The number of hydrogen-bond donors (Lipinski definition) is 2. The number of aliphatic hydroxyl groups is 1. The fourth-order valence-corrected chi connectivity index (χ4v) is 3.52. The topological polar surface area (TPSA) is 52.9 Å². The van der Waals surface area contributed by atoms with E-state index in [1.807, 2.05) is 12.1 Å². The lowest BCUT2D eigenvalue weighted by molar-refractivity contribution is 0.0616. The predicted octanol–water partition coefficient (Wildman–Crippen LogP) is 4.21. The van der Waals surface area contributed by atoms with Gasteiger partial charge in [-0.2, -0.15) is 0 Å². The minimum absolute atomic E-state index is 0.185. The average molecular weight is 364 g/mol. The number of phenolic OH excluding ortho intramolecular Hbond substituents is 1. The molecule has 1 unspecified atom stereocenters. The largest absolute Gasteiger partial charge is 0.507 e. The Balaban J connectivity index is 2.12. The first-order valence-electron chi connectivity index (χ1n) is 9.89. The minimum Gasteiger partial charge on any atom is -0.507 e. The Morgan fingerprint density at radius 2 is 1.46 bits per heavy atom. The molecule has 2 N–H and O–H groups in total. The number of phenols is 1. The summed E-state index contributed by atoms with van der Waals surface area (Å²) in [5.41, 5.74) is 1.39. The fourth-order valence-electron chi connectivity index (χ4n) is 3.52. The summed E-state index contributed by atoms with van der Waals surface area (Å²) >= 11 is 0. The van der Waals surface area contributed by atoms with Gasteiger partial charge in [-0.15, -0.1) is 0 Å². The fraction of sp³-hybridized carbons (Fsp3) is 0.727. The van der Waals surface area contributed by atoms with Crippen molar-refractivity contribution in [3.63, 3.8) is 0 Å². The second kappa shape index (κ2) is 8.18. The van der Waals surface area contributed by atoms with Crippen molar-refractivity contribution in [3.05, 3.63) is 23.3 Å². The second-order valence-corrected chi connectivity index (χ2v) is 9.69. The molecule has 1 aromatic carbocycles. The third kappa shape index (κ3) is 5.62. The number of likely N-dealkylation sites (tertiary alicyclic amines) is 1. The van der Waals surface area contributed by atoms with Crippen LogP contribution < -0.4 is 4.74 Å². The smallest absolute Gasteiger partial charge is 0.123 e. The van der Waals surface area contributed by atoms with Crippen LogP contribution in [0.3, 0.4) is 0 Å². The van der Waals surface area contributed by atoms with E-state index < -0.39 is 6.10 Å². The van der Waals surface area contributed by atoms with Gasteiger partial charge in [0.15, 0.2) is 0 Å².